The molecular formula is C24H28N2O3. The third kappa shape index (κ3) is 4.04. The van der Waals surface area contributed by atoms with Crippen molar-refractivity contribution in [2.45, 2.75) is 34.6 Å². The van der Waals surface area contributed by atoms with E-state index in [-0.39, 0.29) is 17.7 Å². The maximum absolute atomic E-state index is 13.3. The van der Waals surface area contributed by atoms with Crippen molar-refractivity contribution >= 4 is 23.1 Å². The molecule has 2 amide bonds. The SMILES string of the molecule is COc1ccc(C)cc1NC1=C(c2ccc(C)cc2C)C(=O)N(CC(C)C)C1=O. The summed E-state index contributed by atoms with van der Waals surface area (Å²) in [5.41, 5.74) is 5.24. The molecular weight excluding hydrogens is 364 g/mol. The van der Waals surface area contributed by atoms with Crippen LogP contribution in [0.4, 0.5) is 5.69 Å². The monoisotopic (exact) mass is 392 g/mol. The molecule has 1 N–H and O–H groups in total. The number of benzene rings is 2. The first-order valence-electron chi connectivity index (χ1n) is 9.82. The number of aryl methyl sites for hydroxylation is 3. The van der Waals surface area contributed by atoms with Crippen LogP contribution >= 0.6 is 0 Å². The number of rotatable bonds is 6. The van der Waals surface area contributed by atoms with Gasteiger partial charge in [-0.05, 0) is 55.5 Å². The Balaban J connectivity index is 2.16. The lowest BCUT2D eigenvalue weighted by Gasteiger charge is -2.18. The summed E-state index contributed by atoms with van der Waals surface area (Å²) in [7, 11) is 1.59. The van der Waals surface area contributed by atoms with Gasteiger partial charge in [0.05, 0.1) is 18.4 Å². The number of nitrogens with zero attached hydrogens (tertiary/aromatic N) is 1. The standard InChI is InChI=1S/C24H28N2O3/c1-14(2)13-26-23(27)21(18-9-7-15(3)11-17(18)5)22(24(26)28)25-19-12-16(4)8-10-20(19)29-6/h7-12,14,25H,13H2,1-6H3. The van der Waals surface area contributed by atoms with Gasteiger partial charge in [0.2, 0.25) is 0 Å². The number of anilines is 1. The quantitative estimate of drug-likeness (QED) is 0.737. The fraction of sp³-hybridized carbons (Fsp3) is 0.333. The van der Waals surface area contributed by atoms with Gasteiger partial charge in [0.15, 0.2) is 0 Å². The van der Waals surface area contributed by atoms with Gasteiger partial charge >= 0.3 is 0 Å². The van der Waals surface area contributed by atoms with Gasteiger partial charge in [0.25, 0.3) is 11.8 Å². The van der Waals surface area contributed by atoms with Gasteiger partial charge in [-0.3, -0.25) is 14.5 Å². The number of hydrogen-bond donors (Lipinski definition) is 1. The summed E-state index contributed by atoms with van der Waals surface area (Å²) in [4.78, 5) is 27.9. The van der Waals surface area contributed by atoms with Crippen LogP contribution in [0.15, 0.2) is 42.1 Å². The van der Waals surface area contributed by atoms with E-state index in [1.165, 1.54) is 4.90 Å². The summed E-state index contributed by atoms with van der Waals surface area (Å²) in [6.45, 7) is 10.3. The maximum atomic E-state index is 13.3. The summed E-state index contributed by atoms with van der Waals surface area (Å²) in [6, 6.07) is 11.6. The number of imide groups is 1. The Morgan fingerprint density at radius 2 is 1.62 bits per heavy atom. The number of amides is 2. The highest BCUT2D eigenvalue weighted by molar-refractivity contribution is 6.36. The van der Waals surface area contributed by atoms with Crippen molar-refractivity contribution in [1.29, 1.82) is 0 Å². The predicted octanol–water partition coefficient (Wildman–Crippen LogP) is 4.47. The maximum Gasteiger partial charge on any atom is 0.278 e. The first-order valence-corrected chi connectivity index (χ1v) is 9.82. The molecule has 0 saturated heterocycles. The Labute approximate surface area is 172 Å². The van der Waals surface area contributed by atoms with Crippen LogP contribution in [0.1, 0.15) is 36.1 Å². The lowest BCUT2D eigenvalue weighted by Crippen LogP contribution is -2.35. The van der Waals surface area contributed by atoms with E-state index in [1.807, 2.05) is 71.0 Å². The average Bonchev–Trinajstić information content (AvgIpc) is 2.86. The molecule has 0 saturated carbocycles. The fourth-order valence-corrected chi connectivity index (χ4v) is 3.62. The van der Waals surface area contributed by atoms with Crippen LogP contribution in [0.3, 0.4) is 0 Å². The van der Waals surface area contributed by atoms with Gasteiger partial charge < -0.3 is 10.1 Å². The van der Waals surface area contributed by atoms with Crippen molar-refractivity contribution in [3.8, 4) is 5.75 Å². The van der Waals surface area contributed by atoms with E-state index in [9.17, 15) is 9.59 Å². The molecule has 0 spiro atoms. The summed E-state index contributed by atoms with van der Waals surface area (Å²) >= 11 is 0. The van der Waals surface area contributed by atoms with E-state index >= 15 is 0 Å². The minimum absolute atomic E-state index is 0.177. The smallest absolute Gasteiger partial charge is 0.278 e. The second-order valence-corrected chi connectivity index (χ2v) is 8.01. The summed E-state index contributed by atoms with van der Waals surface area (Å²) in [5, 5.41) is 3.22. The summed E-state index contributed by atoms with van der Waals surface area (Å²) in [5.74, 6) is 0.230. The number of hydrogen-bond acceptors (Lipinski definition) is 4. The lowest BCUT2D eigenvalue weighted by molar-refractivity contribution is -0.137. The van der Waals surface area contributed by atoms with Crippen molar-refractivity contribution in [3.63, 3.8) is 0 Å². The van der Waals surface area contributed by atoms with Crippen molar-refractivity contribution in [1.82, 2.24) is 4.90 Å². The van der Waals surface area contributed by atoms with Gasteiger partial charge in [-0.1, -0.05) is 43.7 Å². The largest absolute Gasteiger partial charge is 0.495 e. The fourth-order valence-electron chi connectivity index (χ4n) is 3.62. The van der Waals surface area contributed by atoms with E-state index in [0.717, 1.165) is 22.3 Å². The van der Waals surface area contributed by atoms with Crippen molar-refractivity contribution in [2.75, 3.05) is 19.0 Å². The minimum atomic E-state index is -0.303. The molecule has 1 aliphatic heterocycles. The van der Waals surface area contributed by atoms with E-state index in [1.54, 1.807) is 7.11 Å². The number of carbonyl (C=O) groups excluding carboxylic acids is 2. The molecule has 29 heavy (non-hydrogen) atoms. The molecule has 0 aliphatic carbocycles. The molecule has 5 heteroatoms. The molecule has 1 heterocycles. The molecule has 0 aromatic heterocycles. The number of methoxy groups -OCH3 is 1. The van der Waals surface area contributed by atoms with Gasteiger partial charge in [0, 0.05) is 6.54 Å². The van der Waals surface area contributed by atoms with Crippen LogP contribution in [0.5, 0.6) is 5.75 Å². The highest BCUT2D eigenvalue weighted by atomic mass is 16.5. The van der Waals surface area contributed by atoms with Crippen LogP contribution in [0, 0.1) is 26.7 Å². The predicted molar refractivity (Wildman–Crippen MR) is 116 cm³/mol. The molecule has 0 radical (unpaired) electrons. The second-order valence-electron chi connectivity index (χ2n) is 8.01. The van der Waals surface area contributed by atoms with Gasteiger partial charge in [0.1, 0.15) is 11.4 Å². The Morgan fingerprint density at radius 3 is 2.24 bits per heavy atom. The van der Waals surface area contributed by atoms with Gasteiger partial charge in [-0.25, -0.2) is 0 Å². The Bertz CT molecular complexity index is 1010. The van der Waals surface area contributed by atoms with Crippen LogP contribution < -0.4 is 10.1 Å². The molecule has 2 aromatic rings. The molecule has 152 valence electrons. The highest BCUT2D eigenvalue weighted by Gasteiger charge is 2.40. The van der Waals surface area contributed by atoms with Crippen molar-refractivity contribution in [3.05, 3.63) is 64.3 Å². The lowest BCUT2D eigenvalue weighted by atomic mass is 9.97. The Hall–Kier alpha value is -3.08. The van der Waals surface area contributed by atoms with Gasteiger partial charge in [-0.15, -0.1) is 0 Å². The number of carbonyl (C=O) groups is 2. The van der Waals surface area contributed by atoms with Gasteiger partial charge in [-0.2, -0.15) is 0 Å². The van der Waals surface area contributed by atoms with Crippen LogP contribution in [0.25, 0.3) is 5.57 Å². The first-order chi connectivity index (χ1) is 13.7. The molecule has 0 fully saturated rings. The number of ether oxygens (including phenoxy) is 1. The van der Waals surface area contributed by atoms with Crippen molar-refractivity contribution in [2.24, 2.45) is 5.92 Å². The van der Waals surface area contributed by atoms with Crippen LogP contribution in [-0.2, 0) is 9.59 Å². The third-order valence-corrected chi connectivity index (χ3v) is 4.98. The molecule has 5 nitrogen and oxygen atoms in total. The highest BCUT2D eigenvalue weighted by Crippen LogP contribution is 2.35. The van der Waals surface area contributed by atoms with Crippen LogP contribution in [0.2, 0.25) is 0 Å². The molecule has 0 atom stereocenters. The molecule has 0 bridgehead atoms. The summed E-state index contributed by atoms with van der Waals surface area (Å²) in [6.07, 6.45) is 0. The van der Waals surface area contributed by atoms with Crippen LogP contribution in [-0.4, -0.2) is 30.4 Å². The Morgan fingerprint density at radius 1 is 0.966 bits per heavy atom. The molecule has 1 aliphatic rings. The minimum Gasteiger partial charge on any atom is -0.495 e. The average molecular weight is 392 g/mol. The van der Waals surface area contributed by atoms with E-state index in [0.29, 0.717) is 29.3 Å². The zero-order valence-corrected chi connectivity index (χ0v) is 17.9. The summed E-state index contributed by atoms with van der Waals surface area (Å²) < 4.78 is 5.45. The Kier molecular flexibility index (Phi) is 5.78. The second kappa shape index (κ2) is 8.11. The van der Waals surface area contributed by atoms with E-state index < -0.39 is 0 Å². The zero-order chi connectivity index (χ0) is 21.3. The topological polar surface area (TPSA) is 58.6 Å². The van der Waals surface area contributed by atoms with E-state index in [2.05, 4.69) is 5.32 Å². The van der Waals surface area contributed by atoms with Crippen molar-refractivity contribution < 1.29 is 14.3 Å². The normalized spacial score (nSPS) is 14.2. The molecule has 2 aromatic carbocycles. The number of nitrogens with one attached hydrogen (secondary N) is 1. The molecule has 0 unspecified atom stereocenters. The zero-order valence-electron chi connectivity index (χ0n) is 17.9. The van der Waals surface area contributed by atoms with E-state index in [4.69, 9.17) is 4.74 Å². The molecule has 3 rings (SSSR count). The first kappa shape index (κ1) is 20.6. The third-order valence-electron chi connectivity index (χ3n) is 4.98.